The first-order valence-corrected chi connectivity index (χ1v) is 15.2. The number of benzene rings is 3. The number of hydrogen-bond donors (Lipinski definition) is 1. The lowest BCUT2D eigenvalue weighted by Gasteiger charge is -2.36. The van der Waals surface area contributed by atoms with Crippen molar-refractivity contribution in [1.29, 1.82) is 0 Å². The quantitative estimate of drug-likeness (QED) is 0.209. The molecule has 0 spiro atoms. The topological polar surface area (TPSA) is 74.9 Å². The van der Waals surface area contributed by atoms with Crippen LogP contribution in [0.25, 0.3) is 10.9 Å². The molecular formula is C31H31Cl2N3O4S. The number of carbonyl (C=O) groups is 2. The number of aromatic nitrogens is 1. The van der Waals surface area contributed by atoms with E-state index >= 15 is 0 Å². The Morgan fingerprint density at radius 3 is 2.49 bits per heavy atom. The Bertz CT molecular complexity index is 1550. The highest BCUT2D eigenvalue weighted by Gasteiger charge is 2.30. The highest BCUT2D eigenvalue weighted by atomic mass is 35.5. The first kappa shape index (κ1) is 29.2. The molecule has 2 heterocycles. The molecule has 1 aliphatic rings. The Balaban J connectivity index is 1.42. The Labute approximate surface area is 253 Å². The monoisotopic (exact) mass is 611 g/mol. The Hall–Kier alpha value is -3.33. The fourth-order valence-corrected chi connectivity index (χ4v) is 6.89. The molecule has 1 fully saturated rings. The molecular weight excluding hydrogens is 581 g/mol. The first-order valence-electron chi connectivity index (χ1n) is 13.4. The number of rotatable bonds is 9. The fraction of sp³-hybridized carbons (Fsp3) is 0.290. The Morgan fingerprint density at radius 1 is 1.00 bits per heavy atom. The lowest BCUT2D eigenvalue weighted by atomic mass is 10.0. The van der Waals surface area contributed by atoms with Crippen LogP contribution in [0.1, 0.15) is 33.8 Å². The summed E-state index contributed by atoms with van der Waals surface area (Å²) in [6.45, 7) is 4.68. The third-order valence-electron chi connectivity index (χ3n) is 7.15. The van der Waals surface area contributed by atoms with Gasteiger partial charge in [-0.2, -0.15) is 0 Å². The second-order valence-electron chi connectivity index (χ2n) is 9.61. The minimum Gasteiger partial charge on any atom is -0.497 e. The molecule has 214 valence electrons. The number of H-pyrrole nitrogens is 1. The largest absolute Gasteiger partial charge is 0.497 e. The summed E-state index contributed by atoms with van der Waals surface area (Å²) < 4.78 is 10.9. The molecule has 10 heteroatoms. The number of piperazine rings is 1. The number of nitrogens with one attached hydrogen (secondary N) is 1. The van der Waals surface area contributed by atoms with Crippen LogP contribution in [-0.4, -0.2) is 67.4 Å². The molecule has 1 aliphatic heterocycles. The number of halogens is 2. The molecule has 1 amide bonds. The van der Waals surface area contributed by atoms with E-state index in [0.29, 0.717) is 40.1 Å². The van der Waals surface area contributed by atoms with Gasteiger partial charge in [-0.15, -0.1) is 11.8 Å². The third kappa shape index (κ3) is 6.45. The molecule has 4 aromatic rings. The van der Waals surface area contributed by atoms with Gasteiger partial charge in [-0.3, -0.25) is 4.79 Å². The van der Waals surface area contributed by atoms with Crippen LogP contribution in [0.15, 0.2) is 66.7 Å². The van der Waals surface area contributed by atoms with Crippen LogP contribution >= 0.6 is 35.0 Å². The van der Waals surface area contributed by atoms with Crippen molar-refractivity contribution in [3.63, 3.8) is 0 Å². The van der Waals surface area contributed by atoms with Crippen LogP contribution in [0.4, 0.5) is 5.69 Å². The van der Waals surface area contributed by atoms with Gasteiger partial charge >= 0.3 is 5.97 Å². The fourth-order valence-electron chi connectivity index (χ4n) is 5.10. The average Bonchev–Trinajstić information content (AvgIpc) is 3.37. The number of ether oxygens (including phenoxy) is 2. The van der Waals surface area contributed by atoms with E-state index in [2.05, 4.69) is 9.88 Å². The Kier molecular flexibility index (Phi) is 9.32. The van der Waals surface area contributed by atoms with E-state index < -0.39 is 11.2 Å². The number of esters is 1. The van der Waals surface area contributed by atoms with Crippen molar-refractivity contribution >= 4 is 63.4 Å². The summed E-state index contributed by atoms with van der Waals surface area (Å²) in [5.74, 6) is 0.447. The van der Waals surface area contributed by atoms with Crippen LogP contribution in [-0.2, 0) is 9.53 Å². The van der Waals surface area contributed by atoms with Crippen molar-refractivity contribution < 1.29 is 19.1 Å². The van der Waals surface area contributed by atoms with E-state index in [1.54, 1.807) is 14.0 Å². The summed E-state index contributed by atoms with van der Waals surface area (Å²) in [4.78, 5) is 34.0. The molecule has 41 heavy (non-hydrogen) atoms. The summed E-state index contributed by atoms with van der Waals surface area (Å²) in [7, 11) is 1.60. The summed E-state index contributed by atoms with van der Waals surface area (Å²) in [5, 5.41) is 1.65. The molecule has 0 bridgehead atoms. The molecule has 3 aromatic carbocycles. The predicted octanol–water partition coefficient (Wildman–Crippen LogP) is 6.83. The normalized spacial score (nSPS) is 14.2. The number of hydrogen-bond acceptors (Lipinski definition) is 6. The first-order chi connectivity index (χ1) is 19.9. The molecule has 7 nitrogen and oxygen atoms in total. The molecule has 1 N–H and O–H groups in total. The minimum absolute atomic E-state index is 0.0351. The number of nitrogens with zero attached hydrogens (tertiary/aromatic N) is 2. The van der Waals surface area contributed by atoms with Crippen LogP contribution < -0.4 is 9.64 Å². The highest BCUT2D eigenvalue weighted by molar-refractivity contribution is 8.00. The van der Waals surface area contributed by atoms with Crippen LogP contribution in [0.5, 0.6) is 5.75 Å². The van der Waals surface area contributed by atoms with Gasteiger partial charge in [-0.25, -0.2) is 4.79 Å². The summed E-state index contributed by atoms with van der Waals surface area (Å²) in [5.41, 5.74) is 3.69. The number of aromatic amines is 1. The number of methoxy groups -OCH3 is 1. The van der Waals surface area contributed by atoms with Crippen molar-refractivity contribution in [2.24, 2.45) is 0 Å². The molecule has 0 unspecified atom stereocenters. The highest BCUT2D eigenvalue weighted by Crippen LogP contribution is 2.44. The van der Waals surface area contributed by atoms with Crippen molar-refractivity contribution in [1.82, 2.24) is 9.88 Å². The van der Waals surface area contributed by atoms with Gasteiger partial charge < -0.3 is 24.3 Å². The number of thioether (sulfide) groups is 1. The number of carbonyl (C=O) groups excluding carboxylic acids is 2. The van der Waals surface area contributed by atoms with Crippen LogP contribution in [0, 0.1) is 0 Å². The van der Waals surface area contributed by atoms with E-state index in [0.717, 1.165) is 35.2 Å². The molecule has 5 rings (SSSR count). The molecule has 0 aliphatic carbocycles. The van der Waals surface area contributed by atoms with Gasteiger partial charge in [0.2, 0.25) is 5.91 Å². The SMILES string of the molecule is CCOC(=O)c1[nH]c2ccc(OC)cc2c1[C@H](SCC(=O)N1CCN(c2cccc(Cl)c2)CC1)c1ccccc1Cl. The average molecular weight is 613 g/mol. The number of fused-ring (bicyclic) bond motifs is 1. The van der Waals surface area contributed by atoms with Gasteiger partial charge in [0.1, 0.15) is 11.4 Å². The van der Waals surface area contributed by atoms with Crippen molar-refractivity contribution in [2.75, 3.05) is 50.5 Å². The van der Waals surface area contributed by atoms with E-state index in [9.17, 15) is 9.59 Å². The zero-order valence-electron chi connectivity index (χ0n) is 22.9. The third-order valence-corrected chi connectivity index (χ3v) is 8.97. The van der Waals surface area contributed by atoms with Gasteiger partial charge in [0, 0.05) is 58.4 Å². The van der Waals surface area contributed by atoms with Crippen LogP contribution in [0.3, 0.4) is 0 Å². The second-order valence-corrected chi connectivity index (χ2v) is 11.5. The van der Waals surface area contributed by atoms with E-state index in [1.165, 1.54) is 11.8 Å². The van der Waals surface area contributed by atoms with Gasteiger partial charge in [0.25, 0.3) is 0 Å². The van der Waals surface area contributed by atoms with Crippen LogP contribution in [0.2, 0.25) is 10.0 Å². The van der Waals surface area contributed by atoms with Gasteiger partial charge in [0.15, 0.2) is 0 Å². The maximum Gasteiger partial charge on any atom is 0.355 e. The summed E-state index contributed by atoms with van der Waals surface area (Å²) in [6.07, 6.45) is 0. The number of anilines is 1. The van der Waals surface area contributed by atoms with Gasteiger partial charge in [-0.05, 0) is 55.0 Å². The number of amides is 1. The van der Waals surface area contributed by atoms with Crippen molar-refractivity contribution in [3.8, 4) is 5.75 Å². The Morgan fingerprint density at radius 2 is 1.78 bits per heavy atom. The lowest BCUT2D eigenvalue weighted by molar-refractivity contribution is -0.128. The maximum absolute atomic E-state index is 13.5. The summed E-state index contributed by atoms with van der Waals surface area (Å²) in [6, 6.07) is 20.9. The van der Waals surface area contributed by atoms with E-state index in [4.69, 9.17) is 32.7 Å². The maximum atomic E-state index is 13.5. The minimum atomic E-state index is -0.459. The van der Waals surface area contributed by atoms with E-state index in [1.807, 2.05) is 71.6 Å². The second kappa shape index (κ2) is 13.1. The van der Waals surface area contributed by atoms with Crippen molar-refractivity contribution in [2.45, 2.75) is 12.2 Å². The molecule has 1 saturated heterocycles. The molecule has 0 saturated carbocycles. The van der Waals surface area contributed by atoms with Gasteiger partial charge in [0.05, 0.1) is 24.7 Å². The molecule has 1 aromatic heterocycles. The standard InChI is InChI=1S/C31H31Cl2N3O4S/c1-3-40-31(38)29-28(24-18-22(39-2)11-12-26(24)34-29)30(23-9-4-5-10-25(23)33)41-19-27(37)36-15-13-35(14-16-36)21-8-6-7-20(32)17-21/h4-12,17-18,30,34H,3,13-16,19H2,1-2H3/t30-/m1/s1. The molecule has 1 atom stereocenters. The summed E-state index contributed by atoms with van der Waals surface area (Å²) >= 11 is 14.3. The zero-order chi connectivity index (χ0) is 28.9. The zero-order valence-corrected chi connectivity index (χ0v) is 25.2. The lowest BCUT2D eigenvalue weighted by Crippen LogP contribution is -2.49. The predicted molar refractivity (Wildman–Crippen MR) is 167 cm³/mol. The molecule has 0 radical (unpaired) electrons. The smallest absolute Gasteiger partial charge is 0.355 e. The van der Waals surface area contributed by atoms with E-state index in [-0.39, 0.29) is 18.3 Å². The van der Waals surface area contributed by atoms with Gasteiger partial charge in [-0.1, -0.05) is 47.5 Å². The van der Waals surface area contributed by atoms with Crippen molar-refractivity contribution in [3.05, 3.63) is 93.6 Å².